The maximum atomic E-state index is 11.9. The number of hydrogen-bond donors (Lipinski definition) is 1. The van der Waals surface area contributed by atoms with Crippen LogP contribution in [0.1, 0.15) is 10.4 Å². The molecule has 2 heterocycles. The SMILES string of the molecule is O=C(Nc1ccncn1)c1ccc2c(c1)OCO2. The summed E-state index contributed by atoms with van der Waals surface area (Å²) in [4.78, 5) is 19.6. The summed E-state index contributed by atoms with van der Waals surface area (Å²) in [6.45, 7) is 0.187. The molecular formula is C12H9N3O3. The Labute approximate surface area is 103 Å². The summed E-state index contributed by atoms with van der Waals surface area (Å²) in [5.74, 6) is 1.42. The van der Waals surface area contributed by atoms with Crippen molar-refractivity contribution in [1.29, 1.82) is 0 Å². The number of nitrogens with zero attached hydrogens (tertiary/aromatic N) is 2. The van der Waals surface area contributed by atoms with Crippen LogP contribution in [0.2, 0.25) is 0 Å². The Kier molecular flexibility index (Phi) is 2.53. The number of nitrogens with one attached hydrogen (secondary N) is 1. The van der Waals surface area contributed by atoms with Crippen LogP contribution in [0.4, 0.5) is 5.82 Å². The van der Waals surface area contributed by atoms with E-state index in [1.54, 1.807) is 30.5 Å². The standard InChI is InChI=1S/C12H9N3O3/c16-12(15-11-3-4-13-6-14-11)8-1-2-9-10(5-8)18-7-17-9/h1-6H,7H2,(H,13,14,15,16). The number of fused-ring (bicyclic) bond motifs is 1. The maximum Gasteiger partial charge on any atom is 0.256 e. The molecule has 0 spiro atoms. The normalized spacial score (nSPS) is 12.2. The van der Waals surface area contributed by atoms with Crippen LogP contribution in [0.3, 0.4) is 0 Å². The number of anilines is 1. The third-order valence-corrected chi connectivity index (χ3v) is 2.46. The Morgan fingerprint density at radius 1 is 1.22 bits per heavy atom. The summed E-state index contributed by atoms with van der Waals surface area (Å²) in [6.07, 6.45) is 2.93. The summed E-state index contributed by atoms with van der Waals surface area (Å²) < 4.78 is 10.4. The number of amides is 1. The number of carbonyl (C=O) groups is 1. The molecule has 0 saturated carbocycles. The molecule has 2 aromatic rings. The minimum atomic E-state index is -0.257. The topological polar surface area (TPSA) is 73.3 Å². The maximum absolute atomic E-state index is 11.9. The number of carbonyl (C=O) groups excluding carboxylic acids is 1. The second kappa shape index (κ2) is 4.33. The van der Waals surface area contributed by atoms with Gasteiger partial charge in [0.1, 0.15) is 12.1 Å². The van der Waals surface area contributed by atoms with E-state index >= 15 is 0 Å². The highest BCUT2D eigenvalue weighted by Gasteiger charge is 2.16. The number of aromatic nitrogens is 2. The van der Waals surface area contributed by atoms with E-state index in [0.29, 0.717) is 22.9 Å². The van der Waals surface area contributed by atoms with Crippen molar-refractivity contribution in [2.24, 2.45) is 0 Å². The highest BCUT2D eigenvalue weighted by molar-refractivity contribution is 6.04. The van der Waals surface area contributed by atoms with Gasteiger partial charge in [0.15, 0.2) is 11.5 Å². The first-order valence-electron chi connectivity index (χ1n) is 5.30. The average Bonchev–Trinajstić information content (AvgIpc) is 2.87. The molecule has 1 aliphatic heterocycles. The van der Waals surface area contributed by atoms with E-state index in [2.05, 4.69) is 15.3 Å². The molecule has 0 atom stereocenters. The van der Waals surface area contributed by atoms with Crippen molar-refractivity contribution in [3.8, 4) is 11.5 Å². The molecule has 90 valence electrons. The molecule has 1 N–H and O–H groups in total. The first-order valence-corrected chi connectivity index (χ1v) is 5.30. The number of rotatable bonds is 2. The van der Waals surface area contributed by atoms with Gasteiger partial charge in [0.2, 0.25) is 6.79 Å². The average molecular weight is 243 g/mol. The fourth-order valence-electron chi connectivity index (χ4n) is 1.59. The van der Waals surface area contributed by atoms with E-state index in [4.69, 9.17) is 9.47 Å². The third-order valence-electron chi connectivity index (χ3n) is 2.46. The lowest BCUT2D eigenvalue weighted by atomic mass is 10.2. The smallest absolute Gasteiger partial charge is 0.256 e. The van der Waals surface area contributed by atoms with Gasteiger partial charge in [-0.1, -0.05) is 0 Å². The monoisotopic (exact) mass is 243 g/mol. The van der Waals surface area contributed by atoms with Crippen LogP contribution in [0.25, 0.3) is 0 Å². The summed E-state index contributed by atoms with van der Waals surface area (Å²) in [5.41, 5.74) is 0.484. The first-order chi connectivity index (χ1) is 8.83. The highest BCUT2D eigenvalue weighted by Crippen LogP contribution is 2.32. The quantitative estimate of drug-likeness (QED) is 0.864. The first kappa shape index (κ1) is 10.5. The van der Waals surface area contributed by atoms with Crippen LogP contribution < -0.4 is 14.8 Å². The van der Waals surface area contributed by atoms with Crippen molar-refractivity contribution >= 4 is 11.7 Å². The lowest BCUT2D eigenvalue weighted by Crippen LogP contribution is -2.12. The zero-order chi connectivity index (χ0) is 12.4. The van der Waals surface area contributed by atoms with Crippen LogP contribution in [0.15, 0.2) is 36.8 Å². The van der Waals surface area contributed by atoms with Gasteiger partial charge in [0, 0.05) is 11.8 Å². The Morgan fingerprint density at radius 3 is 2.94 bits per heavy atom. The molecule has 1 amide bonds. The van der Waals surface area contributed by atoms with E-state index in [0.717, 1.165) is 0 Å². The molecule has 6 heteroatoms. The van der Waals surface area contributed by atoms with E-state index in [-0.39, 0.29) is 12.7 Å². The van der Waals surface area contributed by atoms with Crippen molar-refractivity contribution in [3.05, 3.63) is 42.4 Å². The molecule has 0 radical (unpaired) electrons. The highest BCUT2D eigenvalue weighted by atomic mass is 16.7. The van der Waals surface area contributed by atoms with E-state index in [1.807, 2.05) is 0 Å². The summed E-state index contributed by atoms with van der Waals surface area (Å²) >= 11 is 0. The molecule has 1 aromatic heterocycles. The van der Waals surface area contributed by atoms with Crippen LogP contribution in [-0.4, -0.2) is 22.7 Å². The number of benzene rings is 1. The van der Waals surface area contributed by atoms with Gasteiger partial charge in [0.25, 0.3) is 5.91 Å². The zero-order valence-electron chi connectivity index (χ0n) is 9.29. The van der Waals surface area contributed by atoms with Gasteiger partial charge in [-0.05, 0) is 24.3 Å². The van der Waals surface area contributed by atoms with Crippen molar-refractivity contribution < 1.29 is 14.3 Å². The minimum absolute atomic E-state index is 0.187. The Balaban J connectivity index is 1.81. The van der Waals surface area contributed by atoms with Crippen LogP contribution >= 0.6 is 0 Å². The lowest BCUT2D eigenvalue weighted by molar-refractivity contribution is 0.102. The van der Waals surface area contributed by atoms with Gasteiger partial charge in [-0.3, -0.25) is 4.79 Å². The molecule has 1 aliphatic rings. The summed E-state index contributed by atoms with van der Waals surface area (Å²) in [6, 6.07) is 6.63. The van der Waals surface area contributed by atoms with Gasteiger partial charge < -0.3 is 14.8 Å². The second-order valence-electron chi connectivity index (χ2n) is 3.62. The van der Waals surface area contributed by atoms with E-state index in [9.17, 15) is 4.79 Å². The van der Waals surface area contributed by atoms with E-state index in [1.165, 1.54) is 6.33 Å². The number of ether oxygens (including phenoxy) is 2. The van der Waals surface area contributed by atoms with Crippen molar-refractivity contribution in [2.45, 2.75) is 0 Å². The fourth-order valence-corrected chi connectivity index (χ4v) is 1.59. The molecule has 0 aliphatic carbocycles. The molecular weight excluding hydrogens is 234 g/mol. The molecule has 3 rings (SSSR count). The van der Waals surface area contributed by atoms with E-state index < -0.39 is 0 Å². The number of hydrogen-bond acceptors (Lipinski definition) is 5. The van der Waals surface area contributed by atoms with Crippen LogP contribution in [0, 0.1) is 0 Å². The van der Waals surface area contributed by atoms with Gasteiger partial charge in [0.05, 0.1) is 0 Å². The summed E-state index contributed by atoms with van der Waals surface area (Å²) in [7, 11) is 0. The Bertz CT molecular complexity index is 586. The summed E-state index contributed by atoms with van der Waals surface area (Å²) in [5, 5.41) is 2.66. The molecule has 0 saturated heterocycles. The molecule has 6 nitrogen and oxygen atoms in total. The van der Waals surface area contributed by atoms with Gasteiger partial charge in [-0.2, -0.15) is 0 Å². The molecule has 1 aromatic carbocycles. The van der Waals surface area contributed by atoms with Crippen molar-refractivity contribution in [1.82, 2.24) is 9.97 Å². The minimum Gasteiger partial charge on any atom is -0.454 e. The zero-order valence-corrected chi connectivity index (χ0v) is 9.29. The lowest BCUT2D eigenvalue weighted by Gasteiger charge is -2.04. The van der Waals surface area contributed by atoms with Gasteiger partial charge >= 0.3 is 0 Å². The predicted molar refractivity (Wildman–Crippen MR) is 62.6 cm³/mol. The van der Waals surface area contributed by atoms with Gasteiger partial charge in [-0.25, -0.2) is 9.97 Å². The third kappa shape index (κ3) is 1.95. The second-order valence-corrected chi connectivity index (χ2v) is 3.62. The molecule has 0 fully saturated rings. The molecule has 0 unspecified atom stereocenters. The van der Waals surface area contributed by atoms with Crippen molar-refractivity contribution in [2.75, 3.05) is 12.1 Å². The van der Waals surface area contributed by atoms with Crippen LogP contribution in [0.5, 0.6) is 11.5 Å². The van der Waals surface area contributed by atoms with Crippen LogP contribution in [-0.2, 0) is 0 Å². The van der Waals surface area contributed by atoms with Crippen molar-refractivity contribution in [3.63, 3.8) is 0 Å². The Hall–Kier alpha value is -2.63. The fraction of sp³-hybridized carbons (Fsp3) is 0.0833. The van der Waals surface area contributed by atoms with Gasteiger partial charge in [-0.15, -0.1) is 0 Å². The molecule has 0 bridgehead atoms. The Morgan fingerprint density at radius 2 is 2.11 bits per heavy atom. The largest absolute Gasteiger partial charge is 0.454 e. The molecule has 18 heavy (non-hydrogen) atoms. The predicted octanol–water partition coefficient (Wildman–Crippen LogP) is 1.46.